The molecule has 0 aliphatic carbocycles. The van der Waals surface area contributed by atoms with Gasteiger partial charge in [0.2, 0.25) is 6.34 Å². The fraction of sp³-hybridized carbons (Fsp3) is 0.0714. The first kappa shape index (κ1) is 12.2. The molecule has 1 atom stereocenters. The van der Waals surface area contributed by atoms with Crippen LogP contribution in [0.4, 0.5) is 22.7 Å². The van der Waals surface area contributed by atoms with Gasteiger partial charge in [0.25, 0.3) is 0 Å². The maximum atomic E-state index is 13.1. The lowest BCUT2D eigenvalue weighted by Crippen LogP contribution is -2.34. The molecule has 3 rings (SSSR count). The molecular formula is C14H12ClN3O. The van der Waals surface area contributed by atoms with Crippen molar-refractivity contribution in [2.75, 3.05) is 5.73 Å². The lowest BCUT2D eigenvalue weighted by atomic mass is 10.1. The van der Waals surface area contributed by atoms with Gasteiger partial charge >= 0.3 is 0 Å². The SMILES string of the molecule is Cc1cc(Cl)ccc1[N+]1([O-])C=Nc2cc(N)ccc21. The van der Waals surface area contributed by atoms with E-state index in [1.807, 2.05) is 6.92 Å². The lowest BCUT2D eigenvalue weighted by Gasteiger charge is -2.35. The number of anilines is 1. The molecule has 1 aliphatic heterocycles. The molecule has 2 aromatic rings. The molecule has 0 spiro atoms. The topological polar surface area (TPSA) is 61.4 Å². The van der Waals surface area contributed by atoms with Crippen molar-refractivity contribution >= 4 is 40.7 Å². The molecule has 0 bridgehead atoms. The molecule has 19 heavy (non-hydrogen) atoms. The molecule has 0 aromatic heterocycles. The van der Waals surface area contributed by atoms with Gasteiger partial charge in [0, 0.05) is 28.4 Å². The van der Waals surface area contributed by atoms with E-state index in [1.54, 1.807) is 36.4 Å². The van der Waals surface area contributed by atoms with Gasteiger partial charge in [-0.3, -0.25) is 4.65 Å². The van der Waals surface area contributed by atoms with Crippen LogP contribution in [-0.4, -0.2) is 6.34 Å². The number of fused-ring (bicyclic) bond motifs is 1. The Hall–Kier alpha value is -1.88. The molecule has 1 heterocycles. The second-order valence-corrected chi connectivity index (χ2v) is 5.02. The summed E-state index contributed by atoms with van der Waals surface area (Å²) in [5.74, 6) is 0. The molecule has 0 saturated heterocycles. The minimum absolute atomic E-state index is 0.569. The highest BCUT2D eigenvalue weighted by molar-refractivity contribution is 6.30. The van der Waals surface area contributed by atoms with Gasteiger partial charge < -0.3 is 10.9 Å². The molecule has 0 amide bonds. The van der Waals surface area contributed by atoms with Crippen LogP contribution in [0.1, 0.15) is 5.56 Å². The average Bonchev–Trinajstić information content (AvgIpc) is 2.67. The predicted molar refractivity (Wildman–Crippen MR) is 80.0 cm³/mol. The monoisotopic (exact) mass is 273 g/mol. The number of nitrogens with zero attached hydrogens (tertiary/aromatic N) is 2. The van der Waals surface area contributed by atoms with E-state index in [0.29, 0.717) is 27.8 Å². The number of hydrogen-bond acceptors (Lipinski definition) is 3. The number of halogens is 1. The predicted octanol–water partition coefficient (Wildman–Crippen LogP) is 4.04. The fourth-order valence-corrected chi connectivity index (χ4v) is 2.54. The summed E-state index contributed by atoms with van der Waals surface area (Å²) in [5.41, 5.74) is 8.93. The van der Waals surface area contributed by atoms with Crippen molar-refractivity contribution in [1.82, 2.24) is 4.65 Å². The van der Waals surface area contributed by atoms with Crippen LogP contribution in [-0.2, 0) is 0 Å². The molecule has 4 nitrogen and oxygen atoms in total. The zero-order valence-corrected chi connectivity index (χ0v) is 11.1. The van der Waals surface area contributed by atoms with Gasteiger partial charge in [0.05, 0.1) is 0 Å². The number of nitrogens with two attached hydrogens (primary N) is 1. The van der Waals surface area contributed by atoms with Crippen molar-refractivity contribution in [2.24, 2.45) is 4.99 Å². The van der Waals surface area contributed by atoms with Gasteiger partial charge in [0.1, 0.15) is 11.4 Å². The Morgan fingerprint density at radius 2 is 1.89 bits per heavy atom. The normalized spacial score (nSPS) is 20.6. The number of hydroxylamine groups is 1. The first-order chi connectivity index (χ1) is 9.00. The molecular weight excluding hydrogens is 262 g/mol. The Morgan fingerprint density at radius 1 is 1.16 bits per heavy atom. The standard InChI is InChI=1S/C14H12ClN3O/c1-9-6-10(15)2-4-13(9)18(19)8-17-12-7-11(16)3-5-14(12)18/h2-8H,16H2,1H3. The zero-order chi connectivity index (χ0) is 13.6. The van der Waals surface area contributed by atoms with E-state index >= 15 is 0 Å². The molecule has 0 fully saturated rings. The summed E-state index contributed by atoms with van der Waals surface area (Å²) in [6, 6.07) is 10.4. The molecule has 0 saturated carbocycles. The smallest absolute Gasteiger partial charge is 0.201 e. The highest BCUT2D eigenvalue weighted by Crippen LogP contribution is 2.45. The molecule has 96 valence electrons. The Morgan fingerprint density at radius 3 is 2.63 bits per heavy atom. The van der Waals surface area contributed by atoms with Crippen LogP contribution in [0.25, 0.3) is 0 Å². The number of aliphatic imine (C=N–C) groups is 1. The number of rotatable bonds is 1. The first-order valence-corrected chi connectivity index (χ1v) is 6.20. The summed E-state index contributed by atoms with van der Waals surface area (Å²) in [7, 11) is 0. The first-order valence-electron chi connectivity index (χ1n) is 5.82. The summed E-state index contributed by atoms with van der Waals surface area (Å²) in [4.78, 5) is 4.17. The number of quaternary nitrogens is 1. The molecule has 2 aromatic carbocycles. The third kappa shape index (κ3) is 1.81. The average molecular weight is 274 g/mol. The summed E-state index contributed by atoms with van der Waals surface area (Å²) in [5, 5.41) is 13.7. The fourth-order valence-electron chi connectivity index (χ4n) is 2.31. The Labute approximate surface area is 115 Å². The zero-order valence-electron chi connectivity index (χ0n) is 10.3. The van der Waals surface area contributed by atoms with Crippen LogP contribution in [0.5, 0.6) is 0 Å². The summed E-state index contributed by atoms with van der Waals surface area (Å²) in [6.07, 6.45) is 1.38. The van der Waals surface area contributed by atoms with Crippen molar-refractivity contribution in [3.8, 4) is 0 Å². The Kier molecular flexibility index (Phi) is 2.60. The van der Waals surface area contributed by atoms with E-state index in [1.165, 1.54) is 6.34 Å². The molecule has 5 heteroatoms. The van der Waals surface area contributed by atoms with Crippen LogP contribution >= 0.6 is 11.6 Å². The van der Waals surface area contributed by atoms with E-state index in [-0.39, 0.29) is 0 Å². The molecule has 2 N–H and O–H groups in total. The van der Waals surface area contributed by atoms with Crippen LogP contribution in [0.2, 0.25) is 5.02 Å². The van der Waals surface area contributed by atoms with E-state index in [0.717, 1.165) is 5.56 Å². The van der Waals surface area contributed by atoms with E-state index in [9.17, 15) is 5.21 Å². The summed E-state index contributed by atoms with van der Waals surface area (Å²) >= 11 is 5.93. The van der Waals surface area contributed by atoms with Crippen LogP contribution in [0.15, 0.2) is 41.4 Å². The third-order valence-electron chi connectivity index (χ3n) is 3.23. The highest BCUT2D eigenvalue weighted by Gasteiger charge is 2.31. The van der Waals surface area contributed by atoms with Gasteiger partial charge in [-0.2, -0.15) is 4.99 Å². The van der Waals surface area contributed by atoms with Crippen molar-refractivity contribution in [3.05, 3.63) is 52.2 Å². The quantitative estimate of drug-likeness (QED) is 0.484. The summed E-state index contributed by atoms with van der Waals surface area (Å²) in [6.45, 7) is 1.86. The number of aryl methyl sites for hydroxylation is 1. The Balaban J connectivity index is 2.19. The van der Waals surface area contributed by atoms with Crippen molar-refractivity contribution in [2.45, 2.75) is 6.92 Å². The largest absolute Gasteiger partial charge is 0.616 e. The Bertz CT molecular complexity index is 699. The minimum Gasteiger partial charge on any atom is -0.616 e. The minimum atomic E-state index is -0.710. The number of benzene rings is 2. The molecule has 1 aliphatic rings. The van der Waals surface area contributed by atoms with E-state index in [2.05, 4.69) is 4.99 Å². The van der Waals surface area contributed by atoms with Crippen LogP contribution in [0.3, 0.4) is 0 Å². The van der Waals surface area contributed by atoms with Crippen LogP contribution < -0.4 is 10.4 Å². The van der Waals surface area contributed by atoms with Gasteiger partial charge in [-0.1, -0.05) is 11.6 Å². The lowest BCUT2D eigenvalue weighted by molar-refractivity contribution is 0.771. The number of nitrogen functional groups attached to an aromatic ring is 1. The van der Waals surface area contributed by atoms with Gasteiger partial charge in [-0.15, -0.1) is 0 Å². The van der Waals surface area contributed by atoms with Gasteiger partial charge in [0.15, 0.2) is 5.69 Å². The third-order valence-corrected chi connectivity index (χ3v) is 3.47. The van der Waals surface area contributed by atoms with Gasteiger partial charge in [-0.05, 0) is 31.2 Å². The molecule has 0 radical (unpaired) electrons. The number of hydrogen-bond donors (Lipinski definition) is 1. The van der Waals surface area contributed by atoms with Gasteiger partial charge in [-0.25, -0.2) is 0 Å². The second-order valence-electron chi connectivity index (χ2n) is 4.58. The highest BCUT2D eigenvalue weighted by atomic mass is 35.5. The maximum Gasteiger partial charge on any atom is 0.201 e. The van der Waals surface area contributed by atoms with Crippen molar-refractivity contribution < 1.29 is 0 Å². The van der Waals surface area contributed by atoms with Crippen molar-refractivity contribution in [1.29, 1.82) is 0 Å². The van der Waals surface area contributed by atoms with E-state index < -0.39 is 4.65 Å². The second kappa shape index (κ2) is 4.06. The van der Waals surface area contributed by atoms with Crippen LogP contribution in [0, 0.1) is 12.1 Å². The van der Waals surface area contributed by atoms with E-state index in [4.69, 9.17) is 17.3 Å². The summed E-state index contributed by atoms with van der Waals surface area (Å²) < 4.78 is -0.710. The maximum absolute atomic E-state index is 13.1. The molecule has 1 unspecified atom stereocenters. The van der Waals surface area contributed by atoms with Crippen molar-refractivity contribution in [3.63, 3.8) is 0 Å².